The summed E-state index contributed by atoms with van der Waals surface area (Å²) in [5.74, 6) is 1.25. The number of primary amides is 1. The molecule has 0 aliphatic heterocycles. The topological polar surface area (TPSA) is 65.2 Å². The first-order valence-electron chi connectivity index (χ1n) is 9.10. The zero-order valence-electron chi connectivity index (χ0n) is 13.9. The second kappa shape index (κ2) is 7.33. The first-order valence-corrected chi connectivity index (χ1v) is 9.10. The Kier molecular flexibility index (Phi) is 5.19. The molecule has 4 heteroatoms. The number of aromatic nitrogens is 1. The number of nitrogens with zero attached hydrogens (tertiary/aromatic N) is 1. The van der Waals surface area contributed by atoms with E-state index in [-0.39, 0.29) is 5.91 Å². The van der Waals surface area contributed by atoms with Gasteiger partial charge in [0.15, 0.2) is 0 Å². The molecule has 2 fully saturated rings. The molecular weight excluding hydrogens is 288 g/mol. The average Bonchev–Trinajstić information content (AvgIpc) is 3.08. The molecule has 1 aromatic heterocycles. The van der Waals surface area contributed by atoms with Gasteiger partial charge < -0.3 is 10.5 Å². The smallest absolute Gasteiger partial charge is 0.228 e. The monoisotopic (exact) mass is 316 g/mol. The van der Waals surface area contributed by atoms with Gasteiger partial charge in [0.25, 0.3) is 0 Å². The van der Waals surface area contributed by atoms with Crippen LogP contribution in [-0.4, -0.2) is 17.5 Å². The lowest BCUT2D eigenvalue weighted by Crippen LogP contribution is -2.38. The summed E-state index contributed by atoms with van der Waals surface area (Å²) >= 11 is 0. The Balaban J connectivity index is 1.55. The molecule has 0 saturated heterocycles. The molecule has 2 aliphatic carbocycles. The van der Waals surface area contributed by atoms with E-state index in [0.29, 0.717) is 5.88 Å². The molecule has 1 amide bonds. The number of hydrogen-bond acceptors (Lipinski definition) is 3. The summed E-state index contributed by atoms with van der Waals surface area (Å²) in [5, 5.41) is 0. The Morgan fingerprint density at radius 1 is 1.17 bits per heavy atom. The second-order valence-corrected chi connectivity index (χ2v) is 7.18. The van der Waals surface area contributed by atoms with E-state index in [9.17, 15) is 4.79 Å². The van der Waals surface area contributed by atoms with Crippen molar-refractivity contribution in [1.29, 1.82) is 0 Å². The van der Waals surface area contributed by atoms with Crippen LogP contribution in [0.2, 0.25) is 0 Å². The van der Waals surface area contributed by atoms with Gasteiger partial charge >= 0.3 is 0 Å². The van der Waals surface area contributed by atoms with Crippen LogP contribution in [0.1, 0.15) is 69.8 Å². The number of amides is 1. The molecule has 1 heterocycles. The molecule has 0 bridgehead atoms. The molecule has 1 aromatic rings. The van der Waals surface area contributed by atoms with E-state index in [1.165, 1.54) is 32.1 Å². The van der Waals surface area contributed by atoms with Crippen LogP contribution in [0, 0.1) is 5.92 Å². The van der Waals surface area contributed by atoms with Crippen LogP contribution in [0.4, 0.5) is 0 Å². The number of nitrogens with two attached hydrogens (primary N) is 1. The number of rotatable bonds is 6. The van der Waals surface area contributed by atoms with Crippen molar-refractivity contribution in [2.75, 3.05) is 6.61 Å². The normalized spacial score (nSPS) is 21.2. The number of carbonyl (C=O) groups is 1. The zero-order chi connectivity index (χ0) is 16.1. The summed E-state index contributed by atoms with van der Waals surface area (Å²) in [6, 6.07) is 3.86. The van der Waals surface area contributed by atoms with Gasteiger partial charge in [-0.3, -0.25) is 4.79 Å². The summed E-state index contributed by atoms with van der Waals surface area (Å²) in [6.07, 6.45) is 13.5. The minimum Gasteiger partial charge on any atom is -0.478 e. The van der Waals surface area contributed by atoms with Crippen molar-refractivity contribution >= 4 is 5.91 Å². The third-order valence-electron chi connectivity index (χ3n) is 5.72. The molecule has 23 heavy (non-hydrogen) atoms. The van der Waals surface area contributed by atoms with Gasteiger partial charge in [0, 0.05) is 12.3 Å². The van der Waals surface area contributed by atoms with E-state index < -0.39 is 5.41 Å². The van der Waals surface area contributed by atoms with Crippen LogP contribution in [0.5, 0.6) is 5.88 Å². The van der Waals surface area contributed by atoms with Gasteiger partial charge in [0.05, 0.1) is 12.0 Å². The Morgan fingerprint density at radius 2 is 1.91 bits per heavy atom. The van der Waals surface area contributed by atoms with Crippen molar-refractivity contribution in [1.82, 2.24) is 4.98 Å². The Hall–Kier alpha value is -1.58. The number of ether oxygens (including phenoxy) is 1. The fourth-order valence-corrected chi connectivity index (χ4v) is 4.21. The van der Waals surface area contributed by atoms with E-state index in [4.69, 9.17) is 10.5 Å². The first kappa shape index (κ1) is 16.3. The van der Waals surface area contributed by atoms with Crippen LogP contribution in [-0.2, 0) is 10.2 Å². The van der Waals surface area contributed by atoms with E-state index >= 15 is 0 Å². The van der Waals surface area contributed by atoms with Gasteiger partial charge in [-0.15, -0.1) is 0 Å². The zero-order valence-corrected chi connectivity index (χ0v) is 13.9. The molecule has 3 rings (SSSR count). The highest BCUT2D eigenvalue weighted by Crippen LogP contribution is 2.40. The summed E-state index contributed by atoms with van der Waals surface area (Å²) in [5.41, 5.74) is 6.11. The average molecular weight is 316 g/mol. The van der Waals surface area contributed by atoms with Crippen LogP contribution in [0.3, 0.4) is 0 Å². The van der Waals surface area contributed by atoms with E-state index in [1.807, 2.05) is 12.1 Å². The molecule has 0 radical (unpaired) electrons. The lowest BCUT2D eigenvalue weighted by atomic mass is 9.79. The van der Waals surface area contributed by atoms with Crippen molar-refractivity contribution in [2.45, 2.75) is 69.6 Å². The van der Waals surface area contributed by atoms with Gasteiger partial charge in [-0.25, -0.2) is 4.98 Å². The Labute approximate surface area is 138 Å². The van der Waals surface area contributed by atoms with E-state index in [1.54, 1.807) is 6.20 Å². The van der Waals surface area contributed by atoms with Gasteiger partial charge in [0.1, 0.15) is 0 Å². The van der Waals surface area contributed by atoms with Crippen molar-refractivity contribution in [3.8, 4) is 5.88 Å². The number of pyridine rings is 1. The standard InChI is InChI=1S/C19H28N2O2/c20-18(22)19(11-4-5-12-19)16-8-9-17(21-14-16)23-13-10-15-6-2-1-3-7-15/h8-9,14-15H,1-7,10-13H2,(H2,20,22). The maximum absolute atomic E-state index is 11.9. The quantitative estimate of drug-likeness (QED) is 0.869. The summed E-state index contributed by atoms with van der Waals surface area (Å²) < 4.78 is 5.79. The SMILES string of the molecule is NC(=O)C1(c2ccc(OCCC3CCCCC3)nc2)CCCC1. The van der Waals surface area contributed by atoms with Gasteiger partial charge in [0.2, 0.25) is 11.8 Å². The molecule has 2 N–H and O–H groups in total. The van der Waals surface area contributed by atoms with E-state index in [0.717, 1.165) is 50.2 Å². The molecule has 0 unspecified atom stereocenters. The van der Waals surface area contributed by atoms with E-state index in [2.05, 4.69) is 4.98 Å². The first-order chi connectivity index (χ1) is 11.2. The highest BCUT2D eigenvalue weighted by Gasteiger charge is 2.41. The van der Waals surface area contributed by atoms with Crippen LogP contribution < -0.4 is 10.5 Å². The molecule has 4 nitrogen and oxygen atoms in total. The largest absolute Gasteiger partial charge is 0.478 e. The van der Waals surface area contributed by atoms with Crippen LogP contribution in [0.15, 0.2) is 18.3 Å². The van der Waals surface area contributed by atoms with Crippen molar-refractivity contribution in [2.24, 2.45) is 11.7 Å². The lowest BCUT2D eigenvalue weighted by molar-refractivity contribution is -0.123. The molecule has 0 atom stereocenters. The fraction of sp³-hybridized carbons (Fsp3) is 0.684. The third kappa shape index (κ3) is 3.67. The van der Waals surface area contributed by atoms with Crippen molar-refractivity contribution in [3.05, 3.63) is 23.9 Å². The molecule has 2 saturated carbocycles. The summed E-state index contributed by atoms with van der Waals surface area (Å²) in [6.45, 7) is 0.734. The van der Waals surface area contributed by atoms with Gasteiger partial charge in [-0.05, 0) is 30.7 Å². The molecule has 0 aromatic carbocycles. The summed E-state index contributed by atoms with van der Waals surface area (Å²) in [4.78, 5) is 16.3. The lowest BCUT2D eigenvalue weighted by Gasteiger charge is -2.25. The summed E-state index contributed by atoms with van der Waals surface area (Å²) in [7, 11) is 0. The van der Waals surface area contributed by atoms with Crippen molar-refractivity contribution in [3.63, 3.8) is 0 Å². The fourth-order valence-electron chi connectivity index (χ4n) is 4.21. The minimum absolute atomic E-state index is 0.220. The highest BCUT2D eigenvalue weighted by molar-refractivity contribution is 5.87. The molecule has 126 valence electrons. The van der Waals surface area contributed by atoms with Gasteiger partial charge in [-0.2, -0.15) is 0 Å². The maximum atomic E-state index is 11.9. The van der Waals surface area contributed by atoms with Crippen LogP contribution >= 0.6 is 0 Å². The molecular formula is C19H28N2O2. The predicted molar refractivity (Wildman–Crippen MR) is 90.3 cm³/mol. The number of hydrogen-bond donors (Lipinski definition) is 1. The minimum atomic E-state index is -0.506. The van der Waals surface area contributed by atoms with Crippen molar-refractivity contribution < 1.29 is 9.53 Å². The Morgan fingerprint density at radius 3 is 2.52 bits per heavy atom. The third-order valence-corrected chi connectivity index (χ3v) is 5.72. The molecule has 2 aliphatic rings. The highest BCUT2D eigenvalue weighted by atomic mass is 16.5. The molecule has 0 spiro atoms. The second-order valence-electron chi connectivity index (χ2n) is 7.18. The number of carbonyl (C=O) groups excluding carboxylic acids is 1. The van der Waals surface area contributed by atoms with Gasteiger partial charge in [-0.1, -0.05) is 51.0 Å². The predicted octanol–water partition coefficient (Wildman–Crippen LogP) is 3.73. The Bertz CT molecular complexity index is 515. The maximum Gasteiger partial charge on any atom is 0.228 e. The van der Waals surface area contributed by atoms with Crippen LogP contribution in [0.25, 0.3) is 0 Å².